The lowest BCUT2D eigenvalue weighted by Crippen LogP contribution is -1.75. The zero-order valence-corrected chi connectivity index (χ0v) is 7.64. The first-order valence-electron chi connectivity index (χ1n) is 3.31. The fourth-order valence-electron chi connectivity index (χ4n) is 0.736. The van der Waals surface area contributed by atoms with Gasteiger partial charge in [0.1, 0.15) is 0 Å². The Kier molecular flexibility index (Phi) is 3.32. The third-order valence-corrected chi connectivity index (χ3v) is 1.65. The summed E-state index contributed by atoms with van der Waals surface area (Å²) in [7, 11) is 0. The summed E-state index contributed by atoms with van der Waals surface area (Å²) < 4.78 is 0. The Bertz CT molecular complexity index is 301. The molecule has 3 heteroatoms. The summed E-state index contributed by atoms with van der Waals surface area (Å²) in [5, 5.41) is 0.189. The Morgan fingerprint density at radius 3 is 2.33 bits per heavy atom. The lowest BCUT2D eigenvalue weighted by Gasteiger charge is -1.91. The molecule has 0 radical (unpaired) electrons. The first-order chi connectivity index (χ1) is 5.68. The molecule has 0 unspecified atom stereocenters. The summed E-state index contributed by atoms with van der Waals surface area (Å²) in [5.41, 5.74) is 0.897. The van der Waals surface area contributed by atoms with Crippen molar-refractivity contribution in [3.05, 3.63) is 40.9 Å². The van der Waals surface area contributed by atoms with E-state index < -0.39 is 5.24 Å². The SMILES string of the molecule is O=C(Cl)/C=C\c1ccc(Cl)cc1. The second-order valence-electron chi connectivity index (χ2n) is 2.19. The second kappa shape index (κ2) is 4.29. The standard InChI is InChI=1S/C9H6Cl2O/c10-8-4-1-7(2-5-8)3-6-9(11)12/h1-6H/b6-3-. The van der Waals surface area contributed by atoms with Crippen LogP contribution in [0.25, 0.3) is 6.08 Å². The summed E-state index contributed by atoms with van der Waals surface area (Å²) in [6.45, 7) is 0. The van der Waals surface area contributed by atoms with Crippen LogP contribution in [-0.2, 0) is 4.79 Å². The highest BCUT2D eigenvalue weighted by atomic mass is 35.5. The summed E-state index contributed by atoms with van der Waals surface area (Å²) in [5.74, 6) is 0. The highest BCUT2D eigenvalue weighted by molar-refractivity contribution is 6.66. The van der Waals surface area contributed by atoms with Crippen molar-refractivity contribution < 1.29 is 4.79 Å². The zero-order chi connectivity index (χ0) is 8.97. The maximum atomic E-state index is 10.3. The van der Waals surface area contributed by atoms with Crippen LogP contribution in [0.2, 0.25) is 5.02 Å². The highest BCUT2D eigenvalue weighted by Crippen LogP contribution is 2.10. The van der Waals surface area contributed by atoms with E-state index in [4.69, 9.17) is 23.2 Å². The van der Waals surface area contributed by atoms with E-state index in [1.54, 1.807) is 30.3 Å². The van der Waals surface area contributed by atoms with E-state index >= 15 is 0 Å². The second-order valence-corrected chi connectivity index (χ2v) is 3.00. The molecule has 0 spiro atoms. The van der Waals surface area contributed by atoms with Gasteiger partial charge in [0.05, 0.1) is 0 Å². The van der Waals surface area contributed by atoms with E-state index in [2.05, 4.69) is 0 Å². The van der Waals surface area contributed by atoms with Gasteiger partial charge in [0.2, 0.25) is 5.24 Å². The molecule has 0 saturated carbocycles. The van der Waals surface area contributed by atoms with Gasteiger partial charge in [-0.2, -0.15) is 0 Å². The van der Waals surface area contributed by atoms with Crippen LogP contribution in [0.1, 0.15) is 5.56 Å². The Morgan fingerprint density at radius 2 is 1.83 bits per heavy atom. The molecule has 1 aromatic rings. The van der Waals surface area contributed by atoms with Gasteiger partial charge in [0.15, 0.2) is 0 Å². The molecule has 1 nitrogen and oxygen atoms in total. The van der Waals surface area contributed by atoms with Gasteiger partial charge in [-0.05, 0) is 35.4 Å². The molecule has 0 aromatic heterocycles. The average molecular weight is 201 g/mol. The number of hydrogen-bond acceptors (Lipinski definition) is 1. The molecular formula is C9H6Cl2O. The Morgan fingerprint density at radius 1 is 1.25 bits per heavy atom. The molecule has 0 aliphatic rings. The predicted molar refractivity (Wildman–Crippen MR) is 51.3 cm³/mol. The quantitative estimate of drug-likeness (QED) is 0.530. The van der Waals surface area contributed by atoms with E-state index in [0.717, 1.165) is 5.56 Å². The molecule has 0 N–H and O–H groups in total. The third-order valence-electron chi connectivity index (χ3n) is 1.28. The smallest absolute Gasteiger partial charge is 0.245 e. The minimum absolute atomic E-state index is 0.482. The van der Waals surface area contributed by atoms with Crippen LogP contribution in [0.15, 0.2) is 30.3 Å². The number of benzene rings is 1. The van der Waals surface area contributed by atoms with Crippen molar-refractivity contribution in [3.8, 4) is 0 Å². The van der Waals surface area contributed by atoms with Gasteiger partial charge in [0.25, 0.3) is 0 Å². The van der Waals surface area contributed by atoms with Gasteiger partial charge in [0, 0.05) is 5.02 Å². The van der Waals surface area contributed by atoms with Gasteiger partial charge >= 0.3 is 0 Å². The summed E-state index contributed by atoms with van der Waals surface area (Å²) in [4.78, 5) is 10.3. The van der Waals surface area contributed by atoms with Gasteiger partial charge in [-0.3, -0.25) is 4.79 Å². The molecule has 0 fully saturated rings. The maximum absolute atomic E-state index is 10.3. The summed E-state index contributed by atoms with van der Waals surface area (Å²) in [6, 6.07) is 7.11. The third kappa shape index (κ3) is 3.07. The van der Waals surface area contributed by atoms with E-state index in [0.29, 0.717) is 5.02 Å². The topological polar surface area (TPSA) is 17.1 Å². The fraction of sp³-hybridized carbons (Fsp3) is 0. The molecular weight excluding hydrogens is 195 g/mol. The normalized spacial score (nSPS) is 10.5. The number of allylic oxidation sites excluding steroid dienone is 1. The van der Waals surface area contributed by atoms with Crippen LogP contribution in [0.5, 0.6) is 0 Å². The van der Waals surface area contributed by atoms with Crippen molar-refractivity contribution in [1.29, 1.82) is 0 Å². The lowest BCUT2D eigenvalue weighted by molar-refractivity contribution is -0.107. The van der Waals surface area contributed by atoms with Crippen LogP contribution in [0.3, 0.4) is 0 Å². The number of rotatable bonds is 2. The largest absolute Gasteiger partial charge is 0.276 e. The van der Waals surface area contributed by atoms with E-state index in [1.165, 1.54) is 6.08 Å². The van der Waals surface area contributed by atoms with Gasteiger partial charge in [-0.15, -0.1) is 0 Å². The highest BCUT2D eigenvalue weighted by Gasteiger charge is 1.89. The van der Waals surface area contributed by atoms with E-state index in [-0.39, 0.29) is 0 Å². The Balaban J connectivity index is 2.77. The van der Waals surface area contributed by atoms with Crippen molar-refractivity contribution in [2.75, 3.05) is 0 Å². The summed E-state index contributed by atoms with van der Waals surface area (Å²) >= 11 is 10.8. The van der Waals surface area contributed by atoms with Crippen molar-refractivity contribution in [2.24, 2.45) is 0 Å². The molecule has 0 heterocycles. The van der Waals surface area contributed by atoms with Crippen molar-refractivity contribution in [1.82, 2.24) is 0 Å². The van der Waals surface area contributed by atoms with Crippen LogP contribution < -0.4 is 0 Å². The molecule has 0 aliphatic carbocycles. The molecule has 62 valence electrons. The average Bonchev–Trinajstić information content (AvgIpc) is 2.03. The first kappa shape index (κ1) is 9.30. The van der Waals surface area contributed by atoms with Crippen molar-refractivity contribution in [3.63, 3.8) is 0 Å². The van der Waals surface area contributed by atoms with Gasteiger partial charge in [-0.1, -0.05) is 29.8 Å². The zero-order valence-electron chi connectivity index (χ0n) is 6.13. The van der Waals surface area contributed by atoms with Crippen LogP contribution >= 0.6 is 23.2 Å². The minimum atomic E-state index is -0.482. The fourth-order valence-corrected chi connectivity index (χ4v) is 0.925. The van der Waals surface area contributed by atoms with Gasteiger partial charge in [-0.25, -0.2) is 0 Å². The van der Waals surface area contributed by atoms with Crippen LogP contribution in [-0.4, -0.2) is 5.24 Å². The number of halogens is 2. The molecule has 0 atom stereocenters. The van der Waals surface area contributed by atoms with Crippen LogP contribution in [0.4, 0.5) is 0 Å². The van der Waals surface area contributed by atoms with Crippen molar-refractivity contribution in [2.45, 2.75) is 0 Å². The number of carbonyl (C=O) groups excluding carboxylic acids is 1. The number of hydrogen-bond donors (Lipinski definition) is 0. The van der Waals surface area contributed by atoms with E-state index in [1.807, 2.05) is 0 Å². The Hall–Kier alpha value is -0.790. The monoisotopic (exact) mass is 200 g/mol. The Labute approximate surface area is 80.6 Å². The van der Waals surface area contributed by atoms with Crippen molar-refractivity contribution >= 4 is 34.5 Å². The van der Waals surface area contributed by atoms with Crippen LogP contribution in [0, 0.1) is 0 Å². The molecule has 0 bridgehead atoms. The summed E-state index contributed by atoms with van der Waals surface area (Å²) in [6.07, 6.45) is 2.93. The first-order valence-corrected chi connectivity index (χ1v) is 4.07. The molecule has 0 saturated heterocycles. The molecule has 12 heavy (non-hydrogen) atoms. The number of carbonyl (C=O) groups is 1. The molecule has 1 aromatic carbocycles. The molecule has 0 amide bonds. The minimum Gasteiger partial charge on any atom is -0.276 e. The van der Waals surface area contributed by atoms with E-state index in [9.17, 15) is 4.79 Å². The lowest BCUT2D eigenvalue weighted by atomic mass is 10.2. The maximum Gasteiger partial charge on any atom is 0.245 e. The predicted octanol–water partition coefficient (Wildman–Crippen LogP) is 3.12. The molecule has 1 rings (SSSR count). The molecule has 0 aliphatic heterocycles. The van der Waals surface area contributed by atoms with Gasteiger partial charge < -0.3 is 0 Å².